The minimum Gasteiger partial charge on any atom is -0.320 e. The third-order valence-corrected chi connectivity index (χ3v) is 0.403. The van der Waals surface area contributed by atoms with Crippen LogP contribution in [0.2, 0.25) is 0 Å². The zero-order valence-electron chi connectivity index (χ0n) is 3.68. The lowest BCUT2D eigenvalue weighted by Crippen LogP contribution is -2.45. The normalized spacial score (nSPS) is 7.14. The Morgan fingerprint density at radius 3 is 1.71 bits per heavy atom. The highest BCUT2D eigenvalue weighted by Gasteiger charge is 1.82. The average molecular weight is 104 g/mol. The maximum Gasteiger partial charge on any atom is 0.241 e. The highest BCUT2D eigenvalue weighted by molar-refractivity contribution is 5.77. The number of guanidine groups is 1. The minimum atomic E-state index is 0.139. The van der Waals surface area contributed by atoms with E-state index in [1.807, 2.05) is 0 Å². The third kappa shape index (κ3) is 1.79. The van der Waals surface area contributed by atoms with Gasteiger partial charge in [-0.1, -0.05) is 0 Å². The molecule has 0 aromatic carbocycles. The molecule has 0 spiro atoms. The van der Waals surface area contributed by atoms with E-state index in [4.69, 9.17) is 17.5 Å². The summed E-state index contributed by atoms with van der Waals surface area (Å²) in [4.78, 5) is 0. The fraction of sp³-hybridized carbons (Fsp3) is 0. The second-order valence-electron chi connectivity index (χ2n) is 0.766. The summed E-state index contributed by atoms with van der Waals surface area (Å²) in [6, 6.07) is 0. The lowest BCUT2D eigenvalue weighted by atomic mass is 11.1. The van der Waals surface area contributed by atoms with E-state index in [9.17, 15) is 0 Å². The predicted octanol–water partition coefficient (Wildman–Crippen LogP) is -2.86. The van der Waals surface area contributed by atoms with Crippen LogP contribution >= 0.6 is 0 Å². The van der Waals surface area contributed by atoms with Crippen LogP contribution in [0.4, 0.5) is 0 Å². The number of hydrazone groups is 1. The van der Waals surface area contributed by atoms with E-state index in [2.05, 4.69) is 16.0 Å². The second kappa shape index (κ2) is 3.19. The van der Waals surface area contributed by atoms with E-state index in [1.54, 1.807) is 0 Å². The van der Waals surface area contributed by atoms with Gasteiger partial charge in [0, 0.05) is 0 Å². The van der Waals surface area contributed by atoms with Crippen molar-refractivity contribution >= 4 is 5.96 Å². The van der Waals surface area contributed by atoms with Crippen molar-refractivity contribution < 1.29 is 0 Å². The summed E-state index contributed by atoms with van der Waals surface area (Å²) in [6.07, 6.45) is 0. The van der Waals surface area contributed by atoms with Gasteiger partial charge < -0.3 is 5.84 Å². The van der Waals surface area contributed by atoms with Crippen molar-refractivity contribution in [3.63, 3.8) is 0 Å². The van der Waals surface area contributed by atoms with Crippen LogP contribution in [0.5, 0.6) is 0 Å². The van der Waals surface area contributed by atoms with Crippen LogP contribution in [0.3, 0.4) is 0 Å². The molecular weight excluding hydrogens is 96.1 g/mol. The van der Waals surface area contributed by atoms with Crippen LogP contribution in [0, 0.1) is 0 Å². The Bertz CT molecular complexity index is 58.6. The second-order valence-corrected chi connectivity index (χ2v) is 0.766. The van der Waals surface area contributed by atoms with Crippen LogP contribution < -0.4 is 28.4 Å². The van der Waals surface area contributed by atoms with E-state index in [0.29, 0.717) is 0 Å². The molecule has 0 unspecified atom stereocenters. The Hall–Kier alpha value is -1.01. The van der Waals surface area contributed by atoms with Crippen LogP contribution in [0.1, 0.15) is 0 Å². The number of nitrogens with one attached hydrogen (secondary N) is 2. The highest BCUT2D eigenvalue weighted by atomic mass is 15.4. The van der Waals surface area contributed by atoms with Crippen LogP contribution in [0.25, 0.3) is 0 Å². The summed E-state index contributed by atoms with van der Waals surface area (Å²) >= 11 is 0. The van der Waals surface area contributed by atoms with Crippen molar-refractivity contribution in [1.82, 2.24) is 10.9 Å². The first-order valence-corrected chi connectivity index (χ1v) is 1.56. The summed E-state index contributed by atoms with van der Waals surface area (Å²) in [5.41, 5.74) is 4.18. The van der Waals surface area contributed by atoms with Gasteiger partial charge in [0.1, 0.15) is 0 Å². The fourth-order valence-corrected chi connectivity index (χ4v) is 0.116. The van der Waals surface area contributed by atoms with Crippen molar-refractivity contribution in [2.75, 3.05) is 0 Å². The Morgan fingerprint density at radius 2 is 1.71 bits per heavy atom. The quantitative estimate of drug-likeness (QED) is 0.0981. The van der Waals surface area contributed by atoms with E-state index in [-0.39, 0.29) is 5.96 Å². The molecule has 0 aromatic heterocycles. The monoisotopic (exact) mass is 104 g/mol. The van der Waals surface area contributed by atoms with Gasteiger partial charge in [0.15, 0.2) is 0 Å². The Kier molecular flexibility index (Phi) is 2.73. The summed E-state index contributed by atoms with van der Waals surface area (Å²) in [7, 11) is 0. The van der Waals surface area contributed by atoms with Gasteiger partial charge in [0.2, 0.25) is 5.96 Å². The van der Waals surface area contributed by atoms with Gasteiger partial charge in [-0.2, -0.15) is 0 Å². The van der Waals surface area contributed by atoms with Gasteiger partial charge in [0.25, 0.3) is 0 Å². The standard InChI is InChI=1S/CH8N6/c2-5-1(6-3)7-4/h2-4H2,(H2,5,6,7). The lowest BCUT2D eigenvalue weighted by molar-refractivity contribution is 0.881. The summed E-state index contributed by atoms with van der Waals surface area (Å²) in [6.45, 7) is 0. The Labute approximate surface area is 40.7 Å². The number of nitrogens with zero attached hydrogens (tertiary/aromatic N) is 1. The molecule has 7 heavy (non-hydrogen) atoms. The van der Waals surface area contributed by atoms with Crippen molar-refractivity contribution in [2.24, 2.45) is 22.6 Å². The topological polar surface area (TPSA) is 114 Å². The zero-order valence-corrected chi connectivity index (χ0v) is 3.68. The van der Waals surface area contributed by atoms with Crippen LogP contribution in [-0.4, -0.2) is 5.96 Å². The molecule has 0 rings (SSSR count). The number of nitrogens with two attached hydrogens (primary N) is 3. The zero-order chi connectivity index (χ0) is 5.70. The fourth-order valence-electron chi connectivity index (χ4n) is 0.116. The molecule has 0 aliphatic rings. The van der Waals surface area contributed by atoms with E-state index in [0.717, 1.165) is 0 Å². The molecule has 6 heteroatoms. The number of hydrazine groups is 2. The highest BCUT2D eigenvalue weighted by Crippen LogP contribution is 1.45. The SMILES string of the molecule is NN=C(NN)NN. The molecule has 6 nitrogen and oxygen atoms in total. The summed E-state index contributed by atoms with van der Waals surface area (Å²) in [5.74, 6) is 14.4. The molecule has 0 amide bonds. The maximum atomic E-state index is 4.79. The minimum absolute atomic E-state index is 0.139. The molecule has 0 atom stereocenters. The first-order chi connectivity index (χ1) is 3.35. The molecule has 0 bridgehead atoms. The molecule has 0 aliphatic heterocycles. The van der Waals surface area contributed by atoms with E-state index < -0.39 is 0 Å². The molecule has 0 aromatic rings. The van der Waals surface area contributed by atoms with Gasteiger partial charge in [-0.05, 0) is 0 Å². The lowest BCUT2D eigenvalue weighted by Gasteiger charge is -1.97. The van der Waals surface area contributed by atoms with Crippen molar-refractivity contribution in [1.29, 1.82) is 0 Å². The molecular formula is CH8N6. The molecule has 0 saturated carbocycles. The molecule has 42 valence electrons. The van der Waals surface area contributed by atoms with Gasteiger partial charge in [-0.3, -0.25) is 10.9 Å². The number of rotatable bonds is 0. The Balaban J connectivity index is 3.38. The van der Waals surface area contributed by atoms with Gasteiger partial charge in [-0.25, -0.2) is 11.7 Å². The van der Waals surface area contributed by atoms with Gasteiger partial charge in [-0.15, -0.1) is 5.10 Å². The molecule has 0 fully saturated rings. The predicted molar refractivity (Wildman–Crippen MR) is 26.3 cm³/mol. The van der Waals surface area contributed by atoms with Gasteiger partial charge in [0.05, 0.1) is 0 Å². The first-order valence-electron chi connectivity index (χ1n) is 1.56. The first kappa shape index (κ1) is 5.99. The molecule has 0 aliphatic carbocycles. The van der Waals surface area contributed by atoms with Crippen LogP contribution in [-0.2, 0) is 0 Å². The van der Waals surface area contributed by atoms with Crippen molar-refractivity contribution in [3.8, 4) is 0 Å². The smallest absolute Gasteiger partial charge is 0.241 e. The summed E-state index contributed by atoms with van der Waals surface area (Å²) in [5, 5.41) is 3.07. The van der Waals surface area contributed by atoms with Crippen molar-refractivity contribution in [3.05, 3.63) is 0 Å². The third-order valence-electron chi connectivity index (χ3n) is 0.403. The molecule has 0 heterocycles. The molecule has 0 saturated heterocycles. The van der Waals surface area contributed by atoms with Crippen LogP contribution in [0.15, 0.2) is 5.10 Å². The molecule has 0 radical (unpaired) electrons. The largest absolute Gasteiger partial charge is 0.320 e. The maximum absolute atomic E-state index is 4.79. The number of hydrogen-bond donors (Lipinski definition) is 5. The Morgan fingerprint density at radius 1 is 1.29 bits per heavy atom. The summed E-state index contributed by atoms with van der Waals surface area (Å²) < 4.78 is 0. The van der Waals surface area contributed by atoms with Gasteiger partial charge >= 0.3 is 0 Å². The van der Waals surface area contributed by atoms with Crippen molar-refractivity contribution in [2.45, 2.75) is 0 Å². The van der Waals surface area contributed by atoms with E-state index >= 15 is 0 Å². The average Bonchev–Trinajstić information content (AvgIpc) is 1.72. The molecule has 8 N–H and O–H groups in total. The van der Waals surface area contributed by atoms with E-state index in [1.165, 1.54) is 0 Å². The number of hydrogen-bond acceptors (Lipinski definition) is 4.